The van der Waals surface area contributed by atoms with Crippen LogP contribution in [-0.4, -0.2) is 29.3 Å². The fourth-order valence-corrected chi connectivity index (χ4v) is 5.84. The highest BCUT2D eigenvalue weighted by atomic mass is 32.2. The van der Waals surface area contributed by atoms with Crippen molar-refractivity contribution >= 4 is 27.5 Å². The molecule has 1 aliphatic carbocycles. The van der Waals surface area contributed by atoms with E-state index in [0.29, 0.717) is 34.3 Å². The number of halogens is 3. The van der Waals surface area contributed by atoms with Crippen molar-refractivity contribution in [3.63, 3.8) is 0 Å². The number of hydrogen-bond acceptors (Lipinski definition) is 8. The quantitative estimate of drug-likeness (QED) is 0.215. The zero-order chi connectivity index (χ0) is 31.4. The van der Waals surface area contributed by atoms with E-state index in [2.05, 4.69) is 4.98 Å². The number of carbonyl (C=O) groups excluding carboxylic acids is 2. The van der Waals surface area contributed by atoms with Gasteiger partial charge in [0.25, 0.3) is 0 Å². The molecule has 5 aromatic rings. The van der Waals surface area contributed by atoms with Crippen molar-refractivity contribution in [2.75, 3.05) is 0 Å². The Bertz CT molecular complexity index is 1940. The van der Waals surface area contributed by atoms with Crippen LogP contribution in [0.2, 0.25) is 0 Å². The van der Waals surface area contributed by atoms with E-state index in [0.717, 1.165) is 36.2 Å². The predicted molar refractivity (Wildman–Crippen MR) is 153 cm³/mol. The summed E-state index contributed by atoms with van der Waals surface area (Å²) in [7, 11) is -4.22. The molecule has 14 heteroatoms. The molecule has 0 unspecified atom stereocenters. The van der Waals surface area contributed by atoms with Gasteiger partial charge < -0.3 is 4.74 Å². The Kier molecular flexibility index (Phi) is 9.06. The van der Waals surface area contributed by atoms with Crippen LogP contribution in [0.25, 0.3) is 16.4 Å². The zero-order valence-electron chi connectivity index (χ0n) is 22.7. The number of primary sulfonamides is 1. The molecule has 44 heavy (non-hydrogen) atoms. The third kappa shape index (κ3) is 7.12. The lowest BCUT2D eigenvalue weighted by atomic mass is 9.96. The van der Waals surface area contributed by atoms with Crippen LogP contribution < -0.4 is 9.88 Å². The molecule has 1 saturated carbocycles. The number of nitrogens with two attached hydrogens (primary N) is 1. The number of hydrogen-bond donors (Lipinski definition) is 1. The summed E-state index contributed by atoms with van der Waals surface area (Å²) >= 11 is 1.41. The minimum atomic E-state index is -4.22. The molecule has 2 aromatic heterocycles. The molecule has 1 aliphatic rings. The number of nitrogens with zero attached hydrogens (tertiary/aromatic N) is 3. The molecule has 2 heterocycles. The van der Waals surface area contributed by atoms with Gasteiger partial charge in [-0.1, -0.05) is 6.07 Å². The lowest BCUT2D eigenvalue weighted by Gasteiger charge is -2.11. The summed E-state index contributed by atoms with van der Waals surface area (Å²) in [5, 5.41) is 12.5. The highest BCUT2D eigenvalue weighted by molar-refractivity contribution is 7.89. The maximum atomic E-state index is 14.8. The van der Waals surface area contributed by atoms with Gasteiger partial charge in [0, 0.05) is 29.1 Å². The Morgan fingerprint density at radius 1 is 1.00 bits per heavy atom. The summed E-state index contributed by atoms with van der Waals surface area (Å²) in [6.07, 6.45) is 5.00. The zero-order valence-corrected chi connectivity index (χ0v) is 24.4. The molecule has 3 aromatic carbocycles. The molecule has 6 rings (SSSR count). The van der Waals surface area contributed by atoms with Crippen LogP contribution in [0.1, 0.15) is 29.7 Å². The second-order valence-electron chi connectivity index (χ2n) is 9.92. The van der Waals surface area contributed by atoms with E-state index in [4.69, 9.17) is 24.6 Å². The van der Waals surface area contributed by atoms with E-state index in [-0.39, 0.29) is 24.1 Å². The first-order valence-electron chi connectivity index (χ1n) is 13.1. The van der Waals surface area contributed by atoms with Crippen molar-refractivity contribution in [1.29, 1.82) is 0 Å². The first-order valence-corrected chi connectivity index (χ1v) is 15.5. The average molecular weight is 641 g/mol. The normalized spacial score (nSPS) is 12.7. The number of benzene rings is 3. The maximum Gasteiger partial charge on any atom is 0.373 e. The molecule has 0 aliphatic heterocycles. The fraction of sp³-hybridized carbons (Fsp3) is 0.167. The Morgan fingerprint density at radius 3 is 2.34 bits per heavy atom. The molecule has 2 N–H and O–H groups in total. The van der Waals surface area contributed by atoms with Gasteiger partial charge in [-0.05, 0) is 85.3 Å². The van der Waals surface area contributed by atoms with Gasteiger partial charge in [0.1, 0.15) is 22.3 Å². The van der Waals surface area contributed by atoms with Crippen molar-refractivity contribution < 1.29 is 35.9 Å². The van der Waals surface area contributed by atoms with Crippen LogP contribution in [0.5, 0.6) is 11.5 Å². The molecular weight excluding hydrogens is 617 g/mol. The Morgan fingerprint density at radius 2 is 1.73 bits per heavy atom. The molecular formula is C30H23F3N4O5S2. The summed E-state index contributed by atoms with van der Waals surface area (Å²) in [6, 6.07) is 13.4. The molecule has 0 spiro atoms. The summed E-state index contributed by atoms with van der Waals surface area (Å²) in [5.74, 6) is -1.35. The van der Waals surface area contributed by atoms with Crippen LogP contribution >= 0.6 is 11.3 Å². The second kappa shape index (κ2) is 12.9. The first kappa shape index (κ1) is 30.8. The molecule has 0 radical (unpaired) electrons. The van der Waals surface area contributed by atoms with Crippen molar-refractivity contribution in [1.82, 2.24) is 14.8 Å². The predicted octanol–water partition coefficient (Wildman–Crippen LogP) is 5.81. The second-order valence-corrected chi connectivity index (χ2v) is 12.3. The highest BCUT2D eigenvalue weighted by Gasteiger charge is 2.29. The minimum Gasteiger partial charge on any atom is -0.454 e. The monoisotopic (exact) mass is 640 g/mol. The molecule has 0 atom stereocenters. The third-order valence-corrected chi connectivity index (χ3v) is 8.49. The highest BCUT2D eigenvalue weighted by Crippen LogP contribution is 2.39. The third-order valence-electron chi connectivity index (χ3n) is 6.80. The first-order chi connectivity index (χ1) is 21.1. The molecule has 1 fully saturated rings. The van der Waals surface area contributed by atoms with Gasteiger partial charge in [-0.2, -0.15) is 14.7 Å². The van der Waals surface area contributed by atoms with E-state index in [1.807, 2.05) is 5.38 Å². The van der Waals surface area contributed by atoms with Crippen molar-refractivity contribution in [3.8, 4) is 27.9 Å². The van der Waals surface area contributed by atoms with Crippen LogP contribution in [0, 0.1) is 23.4 Å². The van der Waals surface area contributed by atoms with Crippen LogP contribution in [0.4, 0.5) is 13.2 Å². The number of sulfonamides is 1. The van der Waals surface area contributed by atoms with Crippen LogP contribution in [0.3, 0.4) is 0 Å². The Balaban J connectivity index is 0.00000123. The molecule has 9 nitrogen and oxygen atoms in total. The number of thiazole rings is 1. The lowest BCUT2D eigenvalue weighted by Crippen LogP contribution is -2.14. The van der Waals surface area contributed by atoms with Gasteiger partial charge in [0.15, 0.2) is 11.6 Å². The van der Waals surface area contributed by atoms with E-state index >= 15 is 0 Å². The van der Waals surface area contributed by atoms with E-state index in [9.17, 15) is 21.6 Å². The Labute approximate surface area is 253 Å². The summed E-state index contributed by atoms with van der Waals surface area (Å²) in [5.41, 5.74) is 3.24. The van der Waals surface area contributed by atoms with Crippen LogP contribution in [-0.2, 0) is 32.5 Å². The van der Waals surface area contributed by atoms with E-state index in [1.165, 1.54) is 53.8 Å². The molecule has 0 saturated heterocycles. The van der Waals surface area contributed by atoms with Crippen molar-refractivity contribution in [2.24, 2.45) is 11.1 Å². The Hall–Kier alpha value is -4.62. The molecule has 0 bridgehead atoms. The maximum absolute atomic E-state index is 14.8. The topological polar surface area (TPSA) is 134 Å². The number of rotatable bonds is 9. The summed E-state index contributed by atoms with van der Waals surface area (Å²) in [6.45, 7) is 0. The van der Waals surface area contributed by atoms with Crippen molar-refractivity contribution in [2.45, 2.75) is 30.6 Å². The fourth-order valence-electron chi connectivity index (χ4n) is 4.63. The van der Waals surface area contributed by atoms with Gasteiger partial charge in [0.2, 0.25) is 15.2 Å². The largest absolute Gasteiger partial charge is 0.454 e. The smallest absolute Gasteiger partial charge is 0.373 e. The lowest BCUT2D eigenvalue weighted by molar-refractivity contribution is -0.191. The van der Waals surface area contributed by atoms with E-state index in [1.54, 1.807) is 16.9 Å². The SMILES string of the molecule is NS(=O)(=O)c1ccc(Cc2c(-c3ccc(F)c(Oc4ccc(F)cc4)c3)nn(-c3nccs3)c2CC2CC2)cc1F.O=C=O. The minimum absolute atomic E-state index is 0.0730. The van der Waals surface area contributed by atoms with Gasteiger partial charge >= 0.3 is 6.15 Å². The van der Waals surface area contributed by atoms with Gasteiger partial charge in [-0.15, -0.1) is 11.3 Å². The van der Waals surface area contributed by atoms with Crippen LogP contribution in [0.15, 0.2) is 77.1 Å². The summed E-state index contributed by atoms with van der Waals surface area (Å²) < 4.78 is 74.0. The van der Waals surface area contributed by atoms with Gasteiger partial charge in [-0.3, -0.25) is 0 Å². The number of aromatic nitrogens is 3. The summed E-state index contributed by atoms with van der Waals surface area (Å²) in [4.78, 5) is 20.1. The molecule has 226 valence electrons. The van der Waals surface area contributed by atoms with Gasteiger partial charge in [-0.25, -0.2) is 36.4 Å². The number of ether oxygens (including phenoxy) is 1. The van der Waals surface area contributed by atoms with E-state index < -0.39 is 32.4 Å². The average Bonchev–Trinajstić information content (AvgIpc) is 3.49. The standard InChI is InChI=1S/C29H23F3N4O3S2.CO2/c30-20-5-7-21(8-6-20)39-26-16-19(4-9-23(26)31)28-22(13-18-3-10-27(24(32)14-18)41(33,37)38)25(15-17-1-2-17)36(35-28)29-34-11-12-40-29;2-1-3/h3-12,14,16-17H,1-2,13,15H2,(H2,33,37,38);. The van der Waals surface area contributed by atoms with Gasteiger partial charge in [0.05, 0.1) is 11.4 Å². The molecule has 0 amide bonds. The van der Waals surface area contributed by atoms with Crippen molar-refractivity contribution in [3.05, 3.63) is 107 Å².